The van der Waals surface area contributed by atoms with Crippen LogP contribution in [0.15, 0.2) is 11.4 Å². The zero-order valence-electron chi connectivity index (χ0n) is 8.06. The molecule has 2 nitrogen and oxygen atoms in total. The average Bonchev–Trinajstić information content (AvgIpc) is 2.02. The molecule has 0 aromatic rings. The molecule has 0 radical (unpaired) electrons. The molecular weight excluding hydrogens is 171 g/mol. The van der Waals surface area contributed by atoms with Gasteiger partial charge in [0.15, 0.2) is 0 Å². The Morgan fingerprint density at radius 3 is 2.54 bits per heavy atom. The molecule has 0 heterocycles. The third-order valence-corrected chi connectivity index (χ3v) is 2.75. The number of carbonyl (C=O) groups is 1. The van der Waals surface area contributed by atoms with E-state index in [4.69, 9.17) is 5.11 Å². The molecule has 0 aromatic carbocycles. The van der Waals surface area contributed by atoms with Crippen molar-refractivity contribution in [1.29, 1.82) is 0 Å². The Bertz CT molecular complexity index is 254. The number of allylic oxidation sites excluding steroid dienone is 1. The quantitative estimate of drug-likeness (QED) is 0.639. The van der Waals surface area contributed by atoms with E-state index in [-0.39, 0.29) is 5.41 Å². The zero-order chi connectivity index (χ0) is 10.1. The van der Waals surface area contributed by atoms with Crippen LogP contribution in [0.4, 0.5) is 4.39 Å². The summed E-state index contributed by atoms with van der Waals surface area (Å²) in [6.45, 7) is 3.81. The molecule has 0 atom stereocenters. The highest BCUT2D eigenvalue weighted by Gasteiger charge is 2.31. The van der Waals surface area contributed by atoms with Gasteiger partial charge in [0.1, 0.15) is 0 Å². The molecular formula is C10H15FO2. The van der Waals surface area contributed by atoms with Crippen LogP contribution < -0.4 is 0 Å². The van der Waals surface area contributed by atoms with Crippen molar-refractivity contribution >= 4 is 5.97 Å². The molecule has 1 fully saturated rings. The van der Waals surface area contributed by atoms with Crippen molar-refractivity contribution in [3.05, 3.63) is 11.4 Å². The first-order valence-electron chi connectivity index (χ1n) is 4.57. The van der Waals surface area contributed by atoms with E-state index in [0.717, 1.165) is 19.3 Å². The Balaban J connectivity index is 3.00. The summed E-state index contributed by atoms with van der Waals surface area (Å²) in [6.07, 6.45) is 3.43. The highest BCUT2D eigenvalue weighted by molar-refractivity contribution is 5.85. The van der Waals surface area contributed by atoms with E-state index >= 15 is 0 Å². The standard InChI is InChI=1S/C10H15FO2/c1-10(2)6-4-3-5-7(10)8(11)9(12)13/h3-6H2,1-2H3,(H,12,13)/b8-7+. The maximum Gasteiger partial charge on any atom is 0.364 e. The van der Waals surface area contributed by atoms with E-state index in [2.05, 4.69) is 0 Å². The third kappa shape index (κ3) is 2.08. The Labute approximate surface area is 77.4 Å². The summed E-state index contributed by atoms with van der Waals surface area (Å²) in [5.74, 6) is -2.37. The number of hydrogen-bond donors (Lipinski definition) is 1. The number of rotatable bonds is 1. The van der Waals surface area contributed by atoms with Crippen molar-refractivity contribution in [2.45, 2.75) is 39.5 Å². The normalized spacial score (nSPS) is 25.5. The maximum atomic E-state index is 13.2. The number of hydrogen-bond acceptors (Lipinski definition) is 1. The predicted molar refractivity (Wildman–Crippen MR) is 48.0 cm³/mol. The first kappa shape index (κ1) is 10.2. The van der Waals surface area contributed by atoms with Gasteiger partial charge < -0.3 is 5.11 Å². The van der Waals surface area contributed by atoms with Crippen molar-refractivity contribution in [1.82, 2.24) is 0 Å². The molecule has 1 aliphatic carbocycles. The largest absolute Gasteiger partial charge is 0.476 e. The summed E-state index contributed by atoms with van der Waals surface area (Å²) < 4.78 is 13.2. The van der Waals surface area contributed by atoms with Crippen LogP contribution in [0.3, 0.4) is 0 Å². The minimum atomic E-state index is -1.43. The highest BCUT2D eigenvalue weighted by Crippen LogP contribution is 2.41. The van der Waals surface area contributed by atoms with Crippen LogP contribution in [0.5, 0.6) is 0 Å². The summed E-state index contributed by atoms with van der Waals surface area (Å²) in [6, 6.07) is 0. The SMILES string of the molecule is CC1(C)CCCC/C1=C(\F)C(=O)O. The Kier molecular flexibility index (Phi) is 2.74. The lowest BCUT2D eigenvalue weighted by molar-refractivity contribution is -0.134. The monoisotopic (exact) mass is 186 g/mol. The second kappa shape index (κ2) is 3.48. The molecule has 0 saturated heterocycles. The number of carboxylic acid groups (broad SMARTS) is 1. The molecule has 1 aliphatic rings. The van der Waals surface area contributed by atoms with Gasteiger partial charge in [-0.05, 0) is 30.3 Å². The van der Waals surface area contributed by atoms with Gasteiger partial charge in [-0.25, -0.2) is 4.79 Å². The van der Waals surface area contributed by atoms with E-state index in [1.165, 1.54) is 0 Å². The van der Waals surface area contributed by atoms with E-state index in [9.17, 15) is 9.18 Å². The molecule has 13 heavy (non-hydrogen) atoms. The Morgan fingerprint density at radius 1 is 1.46 bits per heavy atom. The van der Waals surface area contributed by atoms with Gasteiger partial charge in [0.2, 0.25) is 5.83 Å². The molecule has 1 N–H and O–H groups in total. The molecule has 74 valence electrons. The molecule has 3 heteroatoms. The zero-order valence-corrected chi connectivity index (χ0v) is 8.06. The Hall–Kier alpha value is -0.860. The van der Waals surface area contributed by atoms with Gasteiger partial charge in [0.05, 0.1) is 0 Å². The van der Waals surface area contributed by atoms with Gasteiger partial charge in [0.25, 0.3) is 0 Å². The lowest BCUT2D eigenvalue weighted by Crippen LogP contribution is -2.22. The van der Waals surface area contributed by atoms with E-state index in [0.29, 0.717) is 12.0 Å². The van der Waals surface area contributed by atoms with Crippen LogP contribution in [0.2, 0.25) is 0 Å². The van der Waals surface area contributed by atoms with Crippen LogP contribution in [0.25, 0.3) is 0 Å². The average molecular weight is 186 g/mol. The summed E-state index contributed by atoms with van der Waals surface area (Å²) in [5.41, 5.74) is 0.201. The first-order chi connectivity index (χ1) is 5.95. The summed E-state index contributed by atoms with van der Waals surface area (Å²) in [5, 5.41) is 8.53. The van der Waals surface area contributed by atoms with Crippen molar-refractivity contribution in [3.63, 3.8) is 0 Å². The predicted octanol–water partition coefficient (Wildman–Crippen LogP) is 2.89. The molecule has 1 rings (SSSR count). The van der Waals surface area contributed by atoms with E-state index in [1.54, 1.807) is 0 Å². The van der Waals surface area contributed by atoms with Crippen LogP contribution in [-0.4, -0.2) is 11.1 Å². The van der Waals surface area contributed by atoms with Crippen molar-refractivity contribution in [3.8, 4) is 0 Å². The number of halogens is 1. The lowest BCUT2D eigenvalue weighted by atomic mass is 9.73. The van der Waals surface area contributed by atoms with Gasteiger partial charge in [-0.3, -0.25) is 0 Å². The maximum absolute atomic E-state index is 13.2. The van der Waals surface area contributed by atoms with Crippen molar-refractivity contribution in [2.75, 3.05) is 0 Å². The lowest BCUT2D eigenvalue weighted by Gasteiger charge is -2.32. The molecule has 0 aromatic heterocycles. The van der Waals surface area contributed by atoms with Gasteiger partial charge in [-0.2, -0.15) is 4.39 Å². The van der Waals surface area contributed by atoms with E-state index < -0.39 is 11.8 Å². The first-order valence-corrected chi connectivity index (χ1v) is 4.57. The molecule has 0 bridgehead atoms. The minimum Gasteiger partial charge on any atom is -0.476 e. The molecule has 0 aliphatic heterocycles. The second-order valence-electron chi connectivity index (χ2n) is 4.19. The van der Waals surface area contributed by atoms with Gasteiger partial charge in [0, 0.05) is 0 Å². The summed E-state index contributed by atoms with van der Waals surface area (Å²) >= 11 is 0. The van der Waals surface area contributed by atoms with Gasteiger partial charge in [-0.1, -0.05) is 20.3 Å². The molecule has 1 saturated carbocycles. The summed E-state index contributed by atoms with van der Waals surface area (Å²) in [4.78, 5) is 10.5. The molecule has 0 unspecified atom stereocenters. The second-order valence-corrected chi connectivity index (χ2v) is 4.19. The van der Waals surface area contributed by atoms with Crippen LogP contribution in [-0.2, 0) is 4.79 Å². The Morgan fingerprint density at radius 2 is 2.08 bits per heavy atom. The van der Waals surface area contributed by atoms with Crippen LogP contribution in [0.1, 0.15) is 39.5 Å². The topological polar surface area (TPSA) is 37.3 Å². The van der Waals surface area contributed by atoms with Gasteiger partial charge in [-0.15, -0.1) is 0 Å². The fourth-order valence-corrected chi connectivity index (χ4v) is 1.89. The highest BCUT2D eigenvalue weighted by atomic mass is 19.1. The molecule has 0 amide bonds. The van der Waals surface area contributed by atoms with Crippen molar-refractivity contribution < 1.29 is 14.3 Å². The third-order valence-electron chi connectivity index (χ3n) is 2.75. The smallest absolute Gasteiger partial charge is 0.364 e. The van der Waals surface area contributed by atoms with E-state index in [1.807, 2.05) is 13.8 Å². The fraction of sp³-hybridized carbons (Fsp3) is 0.700. The van der Waals surface area contributed by atoms with Crippen LogP contribution >= 0.6 is 0 Å². The molecule has 0 spiro atoms. The fourth-order valence-electron chi connectivity index (χ4n) is 1.89. The summed E-state index contributed by atoms with van der Waals surface area (Å²) in [7, 11) is 0. The number of carboxylic acids is 1. The van der Waals surface area contributed by atoms with Crippen LogP contribution in [0, 0.1) is 5.41 Å². The minimum absolute atomic E-state index is 0.277. The van der Waals surface area contributed by atoms with Crippen molar-refractivity contribution in [2.24, 2.45) is 5.41 Å². The number of aliphatic carboxylic acids is 1. The van der Waals surface area contributed by atoms with Gasteiger partial charge >= 0.3 is 5.97 Å².